The van der Waals surface area contributed by atoms with Gasteiger partial charge in [0, 0.05) is 0 Å². The Labute approximate surface area is 199 Å². The minimum absolute atomic E-state index is 0. The standard InChI is InChI=1S/C30H62.H3N/c1-5-8-11-14-17-18-21-24-27-30(26-23-20-16-13-10-7-3)28-29(4)25-22-19-15-12-9-6-2;/h29-30H,5-28H2,1-4H3;1H3. The maximum Gasteiger partial charge on any atom is -0.0412 e. The number of hydrogen-bond donors (Lipinski definition) is 1. The van der Waals surface area contributed by atoms with Crippen LogP contribution >= 0.6 is 0 Å². The van der Waals surface area contributed by atoms with Crippen molar-refractivity contribution in [3.8, 4) is 0 Å². The molecule has 0 bridgehead atoms. The molecule has 0 aliphatic heterocycles. The summed E-state index contributed by atoms with van der Waals surface area (Å²) in [5, 5.41) is 0. The monoisotopic (exact) mass is 440 g/mol. The van der Waals surface area contributed by atoms with Gasteiger partial charge in [-0.1, -0.05) is 175 Å². The quantitative estimate of drug-likeness (QED) is 0.141. The van der Waals surface area contributed by atoms with E-state index in [2.05, 4.69) is 27.7 Å². The minimum atomic E-state index is 0. The van der Waals surface area contributed by atoms with Crippen LogP contribution in [0.25, 0.3) is 0 Å². The van der Waals surface area contributed by atoms with E-state index in [0.717, 1.165) is 11.8 Å². The molecule has 0 saturated heterocycles. The third-order valence-corrected chi connectivity index (χ3v) is 7.22. The van der Waals surface area contributed by atoms with Gasteiger partial charge < -0.3 is 6.15 Å². The van der Waals surface area contributed by atoms with Crippen LogP contribution in [-0.4, -0.2) is 0 Å². The Bertz CT molecular complexity index is 301. The van der Waals surface area contributed by atoms with Gasteiger partial charge in [0.15, 0.2) is 0 Å². The van der Waals surface area contributed by atoms with Gasteiger partial charge in [0.05, 0.1) is 0 Å². The lowest BCUT2D eigenvalue weighted by Crippen LogP contribution is -2.08. The van der Waals surface area contributed by atoms with E-state index < -0.39 is 0 Å². The Morgan fingerprint density at radius 1 is 0.387 bits per heavy atom. The van der Waals surface area contributed by atoms with Gasteiger partial charge in [-0.3, -0.25) is 0 Å². The van der Waals surface area contributed by atoms with E-state index >= 15 is 0 Å². The van der Waals surface area contributed by atoms with Crippen molar-refractivity contribution in [3.05, 3.63) is 0 Å². The van der Waals surface area contributed by atoms with Crippen LogP contribution in [0, 0.1) is 11.8 Å². The summed E-state index contributed by atoms with van der Waals surface area (Å²) in [5.74, 6) is 1.97. The first-order valence-electron chi connectivity index (χ1n) is 14.7. The third-order valence-electron chi connectivity index (χ3n) is 7.22. The Kier molecular flexibility index (Phi) is 29.9. The molecule has 0 saturated carbocycles. The molecule has 1 heteroatoms. The number of hydrogen-bond acceptors (Lipinski definition) is 1. The van der Waals surface area contributed by atoms with Crippen molar-refractivity contribution in [3.63, 3.8) is 0 Å². The highest BCUT2D eigenvalue weighted by Crippen LogP contribution is 2.28. The smallest absolute Gasteiger partial charge is 0.0412 e. The molecule has 190 valence electrons. The van der Waals surface area contributed by atoms with Gasteiger partial charge in [0.1, 0.15) is 0 Å². The summed E-state index contributed by atoms with van der Waals surface area (Å²) in [6, 6.07) is 0. The van der Waals surface area contributed by atoms with Crippen molar-refractivity contribution in [1.29, 1.82) is 0 Å². The molecule has 3 N–H and O–H groups in total. The van der Waals surface area contributed by atoms with Crippen LogP contribution < -0.4 is 6.15 Å². The molecule has 0 rings (SSSR count). The maximum atomic E-state index is 2.55. The van der Waals surface area contributed by atoms with Crippen LogP contribution in [0.4, 0.5) is 0 Å². The van der Waals surface area contributed by atoms with Crippen molar-refractivity contribution < 1.29 is 0 Å². The fraction of sp³-hybridized carbons (Fsp3) is 1.00. The van der Waals surface area contributed by atoms with Crippen LogP contribution in [0.3, 0.4) is 0 Å². The molecule has 0 spiro atoms. The van der Waals surface area contributed by atoms with Gasteiger partial charge in [-0.15, -0.1) is 0 Å². The lowest BCUT2D eigenvalue weighted by molar-refractivity contribution is 0.313. The highest BCUT2D eigenvalue weighted by atomic mass is 14.2. The van der Waals surface area contributed by atoms with Gasteiger partial charge >= 0.3 is 0 Å². The number of rotatable bonds is 25. The Hall–Kier alpha value is -0.0400. The summed E-state index contributed by atoms with van der Waals surface area (Å²) in [6.07, 6.45) is 35.2. The summed E-state index contributed by atoms with van der Waals surface area (Å²) in [4.78, 5) is 0. The van der Waals surface area contributed by atoms with Gasteiger partial charge in [0.25, 0.3) is 0 Å². The van der Waals surface area contributed by atoms with Gasteiger partial charge in [-0.2, -0.15) is 0 Å². The topological polar surface area (TPSA) is 35.0 Å². The molecule has 0 aliphatic carbocycles. The largest absolute Gasteiger partial charge is 0.344 e. The van der Waals surface area contributed by atoms with Gasteiger partial charge in [-0.25, -0.2) is 0 Å². The van der Waals surface area contributed by atoms with Crippen LogP contribution in [0.15, 0.2) is 0 Å². The highest BCUT2D eigenvalue weighted by Gasteiger charge is 2.13. The molecule has 0 radical (unpaired) electrons. The first-order valence-corrected chi connectivity index (χ1v) is 14.7. The molecule has 0 aromatic heterocycles. The second-order valence-electron chi connectivity index (χ2n) is 10.6. The van der Waals surface area contributed by atoms with E-state index in [1.807, 2.05) is 0 Å². The summed E-state index contributed by atoms with van der Waals surface area (Å²) >= 11 is 0. The first kappa shape index (κ1) is 33.1. The molecule has 0 fully saturated rings. The molecule has 2 atom stereocenters. The molecule has 2 unspecified atom stereocenters. The summed E-state index contributed by atoms with van der Waals surface area (Å²) in [6.45, 7) is 9.51. The van der Waals surface area contributed by atoms with Crippen molar-refractivity contribution >= 4 is 0 Å². The SMILES string of the molecule is CCCCCCCCCCC(CCCCCCCC)CC(C)CCCCCCCC.N. The second kappa shape index (κ2) is 28.0. The van der Waals surface area contributed by atoms with Crippen LogP contribution in [0.1, 0.15) is 182 Å². The summed E-state index contributed by atoms with van der Waals surface area (Å²) in [7, 11) is 0. The predicted molar refractivity (Wildman–Crippen MR) is 146 cm³/mol. The van der Waals surface area contributed by atoms with E-state index in [4.69, 9.17) is 0 Å². The zero-order valence-corrected chi connectivity index (χ0v) is 22.8. The molecule has 0 heterocycles. The predicted octanol–water partition coefficient (Wildman–Crippen LogP) is 11.8. The van der Waals surface area contributed by atoms with E-state index in [9.17, 15) is 0 Å². The van der Waals surface area contributed by atoms with Crippen molar-refractivity contribution in [2.24, 2.45) is 11.8 Å². The van der Waals surface area contributed by atoms with Crippen molar-refractivity contribution in [1.82, 2.24) is 6.15 Å². The zero-order valence-electron chi connectivity index (χ0n) is 22.8. The first-order chi connectivity index (χ1) is 14.7. The van der Waals surface area contributed by atoms with Gasteiger partial charge in [-0.05, 0) is 18.3 Å². The fourth-order valence-electron chi connectivity index (χ4n) is 5.12. The average molecular weight is 440 g/mol. The lowest BCUT2D eigenvalue weighted by atomic mass is 9.85. The van der Waals surface area contributed by atoms with E-state index in [1.165, 1.54) is 154 Å². The van der Waals surface area contributed by atoms with E-state index in [0.29, 0.717) is 0 Å². The second-order valence-corrected chi connectivity index (χ2v) is 10.6. The Morgan fingerprint density at radius 2 is 0.677 bits per heavy atom. The van der Waals surface area contributed by atoms with E-state index in [-0.39, 0.29) is 6.15 Å². The average Bonchev–Trinajstić information content (AvgIpc) is 2.74. The molecule has 0 amide bonds. The highest BCUT2D eigenvalue weighted by molar-refractivity contribution is 4.66. The van der Waals surface area contributed by atoms with Crippen LogP contribution in [-0.2, 0) is 0 Å². The zero-order chi connectivity index (χ0) is 22.1. The lowest BCUT2D eigenvalue weighted by Gasteiger charge is -2.21. The molecule has 0 aromatic rings. The van der Waals surface area contributed by atoms with Crippen LogP contribution in [0.2, 0.25) is 0 Å². The fourth-order valence-corrected chi connectivity index (χ4v) is 5.12. The third kappa shape index (κ3) is 26.1. The van der Waals surface area contributed by atoms with E-state index in [1.54, 1.807) is 0 Å². The molecule has 1 nitrogen and oxygen atoms in total. The normalized spacial score (nSPS) is 13.2. The van der Waals surface area contributed by atoms with Crippen molar-refractivity contribution in [2.45, 2.75) is 182 Å². The summed E-state index contributed by atoms with van der Waals surface area (Å²) < 4.78 is 0. The Balaban J connectivity index is 0. The minimum Gasteiger partial charge on any atom is -0.344 e. The molecular formula is C30H65N. The van der Waals surface area contributed by atoms with Crippen LogP contribution in [0.5, 0.6) is 0 Å². The maximum absolute atomic E-state index is 2.55. The Morgan fingerprint density at radius 3 is 1.03 bits per heavy atom. The molecule has 31 heavy (non-hydrogen) atoms. The molecule has 0 aromatic carbocycles. The van der Waals surface area contributed by atoms with Crippen molar-refractivity contribution in [2.75, 3.05) is 0 Å². The molecular weight excluding hydrogens is 374 g/mol. The summed E-state index contributed by atoms with van der Waals surface area (Å²) in [5.41, 5.74) is 0. The van der Waals surface area contributed by atoms with Gasteiger partial charge in [0.2, 0.25) is 0 Å². The number of unbranched alkanes of at least 4 members (excludes halogenated alkanes) is 17. The molecule has 0 aliphatic rings.